The summed E-state index contributed by atoms with van der Waals surface area (Å²) in [6, 6.07) is 8.31. The molecule has 0 radical (unpaired) electrons. The van der Waals surface area contributed by atoms with Gasteiger partial charge in [-0.25, -0.2) is 0 Å². The quantitative estimate of drug-likeness (QED) is 0.760. The molecule has 0 aliphatic carbocycles. The van der Waals surface area contributed by atoms with Gasteiger partial charge in [0.15, 0.2) is 0 Å². The number of hydrogen-bond donors (Lipinski definition) is 2. The summed E-state index contributed by atoms with van der Waals surface area (Å²) < 4.78 is 5.99. The van der Waals surface area contributed by atoms with Crippen LogP contribution in [-0.4, -0.2) is 63.5 Å². The zero-order valence-electron chi connectivity index (χ0n) is 15.5. The highest BCUT2D eigenvalue weighted by molar-refractivity contribution is 6.45. The van der Waals surface area contributed by atoms with Crippen LogP contribution >= 0.6 is 11.6 Å². The minimum Gasteiger partial charge on any atom is -0.488 e. The highest BCUT2D eigenvalue weighted by Crippen LogP contribution is 2.40. The number of aliphatic carboxylic acids is 1. The number of carboxylic acids is 1. The highest BCUT2D eigenvalue weighted by Gasteiger charge is 2.40. The van der Waals surface area contributed by atoms with Crippen molar-refractivity contribution in [3.63, 3.8) is 0 Å². The van der Waals surface area contributed by atoms with Crippen molar-refractivity contribution in [2.24, 2.45) is 0 Å². The largest absolute Gasteiger partial charge is 0.488 e. The molecule has 2 aliphatic rings. The Hall–Kier alpha value is -2.13. The minimum atomic E-state index is -0.951. The number of nitrogens with zero attached hydrogens (tertiary/aromatic N) is 3. The summed E-state index contributed by atoms with van der Waals surface area (Å²) in [7, 11) is -0.822. The molecular formula is C19H21BClN3O4. The lowest BCUT2D eigenvalue weighted by Gasteiger charge is -2.43. The van der Waals surface area contributed by atoms with Crippen molar-refractivity contribution >= 4 is 24.6 Å². The number of ether oxygens (including phenoxy) is 1. The van der Waals surface area contributed by atoms with Gasteiger partial charge in [0.2, 0.25) is 0 Å². The third-order valence-electron chi connectivity index (χ3n) is 5.42. The molecular weight excluding hydrogens is 380 g/mol. The Morgan fingerprint density at radius 1 is 1.36 bits per heavy atom. The van der Waals surface area contributed by atoms with Gasteiger partial charge in [-0.3, -0.25) is 14.7 Å². The molecule has 4 rings (SSSR count). The molecule has 0 bridgehead atoms. The Balaban J connectivity index is 1.77. The fourth-order valence-corrected chi connectivity index (χ4v) is 4.23. The second-order valence-electron chi connectivity index (χ2n) is 7.14. The maximum Gasteiger partial charge on any atom is 0.377 e. The predicted octanol–water partition coefficient (Wildman–Crippen LogP) is 1.90. The van der Waals surface area contributed by atoms with Gasteiger partial charge in [-0.2, -0.15) is 0 Å². The van der Waals surface area contributed by atoms with E-state index < -0.39 is 19.1 Å². The molecule has 1 aromatic carbocycles. The number of carboxylic acid groups (broad SMARTS) is 1. The molecule has 3 heterocycles. The molecule has 1 fully saturated rings. The van der Waals surface area contributed by atoms with Gasteiger partial charge < -0.3 is 19.7 Å². The molecule has 1 aromatic heterocycles. The fraction of sp³-hybridized carbons (Fsp3) is 0.368. The monoisotopic (exact) mass is 401 g/mol. The lowest BCUT2D eigenvalue weighted by molar-refractivity contribution is -0.144. The number of rotatable bonds is 3. The highest BCUT2D eigenvalue weighted by atomic mass is 35.5. The first kappa shape index (κ1) is 19.2. The average Bonchev–Trinajstić information content (AvgIpc) is 2.84. The Kier molecular flexibility index (Phi) is 5.29. The Morgan fingerprint density at radius 2 is 2.18 bits per heavy atom. The van der Waals surface area contributed by atoms with Gasteiger partial charge in [-0.1, -0.05) is 23.7 Å². The number of piperazine rings is 1. The first-order chi connectivity index (χ1) is 13.5. The van der Waals surface area contributed by atoms with Gasteiger partial charge in [-0.15, -0.1) is 0 Å². The molecule has 0 saturated carbocycles. The first-order valence-corrected chi connectivity index (χ1v) is 9.60. The van der Waals surface area contributed by atoms with Crippen LogP contribution in [0.1, 0.15) is 22.9 Å². The van der Waals surface area contributed by atoms with Crippen molar-refractivity contribution in [2.45, 2.75) is 25.5 Å². The van der Waals surface area contributed by atoms with Crippen LogP contribution in [0.2, 0.25) is 11.8 Å². The molecule has 9 heteroatoms. The number of hydrogen-bond acceptors (Lipinski definition) is 6. The third kappa shape index (κ3) is 3.48. The molecule has 2 N–H and O–H groups in total. The van der Waals surface area contributed by atoms with Gasteiger partial charge in [0.1, 0.15) is 18.4 Å². The van der Waals surface area contributed by atoms with E-state index >= 15 is 0 Å². The summed E-state index contributed by atoms with van der Waals surface area (Å²) in [6.45, 7) is 3.28. The molecule has 2 aliphatic heterocycles. The minimum absolute atomic E-state index is 0.246. The zero-order valence-corrected chi connectivity index (χ0v) is 16.2. The lowest BCUT2D eigenvalue weighted by atomic mass is 9.81. The smallest absolute Gasteiger partial charge is 0.377 e. The van der Waals surface area contributed by atoms with E-state index in [-0.39, 0.29) is 12.6 Å². The van der Waals surface area contributed by atoms with Crippen LogP contribution in [0.5, 0.6) is 5.75 Å². The van der Waals surface area contributed by atoms with Crippen molar-refractivity contribution in [3.05, 3.63) is 58.4 Å². The van der Waals surface area contributed by atoms with Crippen LogP contribution < -0.4 is 4.74 Å². The van der Waals surface area contributed by atoms with E-state index in [2.05, 4.69) is 9.88 Å². The number of fused-ring (bicyclic) bond motifs is 2. The van der Waals surface area contributed by atoms with E-state index in [4.69, 9.17) is 16.3 Å². The summed E-state index contributed by atoms with van der Waals surface area (Å²) in [6.07, 6.45) is 1.74. The fourth-order valence-electron chi connectivity index (χ4n) is 4.07. The van der Waals surface area contributed by atoms with Crippen molar-refractivity contribution in [2.75, 3.05) is 19.6 Å². The molecule has 28 heavy (non-hydrogen) atoms. The molecule has 2 aromatic rings. The molecule has 0 amide bonds. The van der Waals surface area contributed by atoms with Crippen LogP contribution in [0.4, 0.5) is 0 Å². The van der Waals surface area contributed by atoms with Gasteiger partial charge in [0.05, 0.1) is 11.7 Å². The van der Waals surface area contributed by atoms with E-state index in [1.54, 1.807) is 23.9 Å². The molecule has 1 saturated heterocycles. The van der Waals surface area contributed by atoms with Gasteiger partial charge in [-0.05, 0) is 25.0 Å². The summed E-state index contributed by atoms with van der Waals surface area (Å²) >= 11 is 6.17. The van der Waals surface area contributed by atoms with Gasteiger partial charge >= 0.3 is 13.0 Å². The van der Waals surface area contributed by atoms with E-state index in [0.717, 1.165) is 16.8 Å². The number of benzene rings is 1. The van der Waals surface area contributed by atoms with Crippen molar-refractivity contribution in [3.8, 4) is 5.75 Å². The maximum absolute atomic E-state index is 11.9. The summed E-state index contributed by atoms with van der Waals surface area (Å²) in [5.74, 6) is -0.270. The number of carbonyl (C=O) groups is 1. The van der Waals surface area contributed by atoms with Crippen LogP contribution in [0, 0.1) is 0 Å². The number of pyridine rings is 1. The normalized spacial score (nSPS) is 22.5. The zero-order chi connectivity index (χ0) is 19.8. The molecule has 7 nitrogen and oxygen atoms in total. The van der Waals surface area contributed by atoms with E-state index in [1.165, 1.54) is 0 Å². The predicted molar refractivity (Wildman–Crippen MR) is 105 cm³/mol. The Bertz CT molecular complexity index is 897. The molecule has 2 atom stereocenters. The summed E-state index contributed by atoms with van der Waals surface area (Å²) in [5, 5.41) is 20.3. The molecule has 0 unspecified atom stereocenters. The molecule has 146 valence electrons. The van der Waals surface area contributed by atoms with Crippen LogP contribution in [-0.2, 0) is 11.4 Å². The topological polar surface area (TPSA) is 86.1 Å². The Labute approximate surface area is 168 Å². The van der Waals surface area contributed by atoms with Crippen molar-refractivity contribution in [1.29, 1.82) is 0 Å². The van der Waals surface area contributed by atoms with E-state index in [0.29, 0.717) is 30.5 Å². The standard InChI is InChI=1S/C19H21BClN3O4/c1-20(27)24-8-7-23(10-15(24)19(25)26)18-14-5-4-13(21)9-16(14)28-11-12-3-2-6-22-17(12)18/h2-6,9,15,18,27H,7-8,10-11H2,1H3,(H,25,26)/t15-,18-/m1/s1. The second-order valence-corrected chi connectivity index (χ2v) is 7.58. The van der Waals surface area contributed by atoms with E-state index in [9.17, 15) is 14.9 Å². The summed E-state index contributed by atoms with van der Waals surface area (Å²) in [5.41, 5.74) is 2.74. The third-order valence-corrected chi connectivity index (χ3v) is 5.66. The van der Waals surface area contributed by atoms with Crippen molar-refractivity contribution in [1.82, 2.24) is 14.7 Å². The number of halogens is 1. The lowest BCUT2D eigenvalue weighted by Crippen LogP contribution is -2.61. The first-order valence-electron chi connectivity index (χ1n) is 9.22. The maximum atomic E-state index is 11.9. The van der Waals surface area contributed by atoms with Crippen LogP contribution in [0.3, 0.4) is 0 Å². The number of aromatic nitrogens is 1. The molecule has 0 spiro atoms. The van der Waals surface area contributed by atoms with Crippen molar-refractivity contribution < 1.29 is 19.7 Å². The van der Waals surface area contributed by atoms with Crippen LogP contribution in [0.25, 0.3) is 0 Å². The van der Waals surface area contributed by atoms with E-state index in [1.807, 2.05) is 24.3 Å². The second kappa shape index (κ2) is 7.71. The summed E-state index contributed by atoms with van der Waals surface area (Å²) in [4.78, 5) is 20.2. The van der Waals surface area contributed by atoms with Gasteiger partial charge in [0.25, 0.3) is 0 Å². The SMILES string of the molecule is CB(O)N1CCN([C@@H]2c3ccc(Cl)cc3OCc3cccnc32)C[C@@H]1C(=O)O. The van der Waals surface area contributed by atoms with Gasteiger partial charge in [0, 0.05) is 42.0 Å². The Morgan fingerprint density at radius 3 is 2.93 bits per heavy atom. The van der Waals surface area contributed by atoms with Crippen LogP contribution in [0.15, 0.2) is 36.5 Å². The average molecular weight is 402 g/mol.